The molecule has 9 nitrogen and oxygen atoms in total. The largest absolute Gasteiger partial charge is 0.497 e. The van der Waals surface area contributed by atoms with E-state index in [4.69, 9.17) is 4.74 Å². The topological polar surface area (TPSA) is 98.6 Å². The summed E-state index contributed by atoms with van der Waals surface area (Å²) in [6.45, 7) is 0.830. The summed E-state index contributed by atoms with van der Waals surface area (Å²) >= 11 is 0. The number of methoxy groups -OCH3 is 2. The number of likely N-dealkylation sites (tertiary alicyclic amines) is 1. The second-order valence-electron chi connectivity index (χ2n) is 9.03. The highest BCUT2D eigenvalue weighted by Gasteiger charge is 2.38. The van der Waals surface area contributed by atoms with Crippen molar-refractivity contribution in [1.82, 2.24) is 25.2 Å². The van der Waals surface area contributed by atoms with Crippen LogP contribution in [-0.4, -0.2) is 65.1 Å². The summed E-state index contributed by atoms with van der Waals surface area (Å²) in [6, 6.07) is 11.5. The molecule has 0 unspecified atom stereocenters. The minimum atomic E-state index is -4.47. The minimum absolute atomic E-state index is 0.0464. The molecule has 1 aliphatic rings. The molecule has 0 radical (unpaired) electrons. The summed E-state index contributed by atoms with van der Waals surface area (Å²) in [5, 5.41) is 10.7. The number of nitrogens with zero attached hydrogens (tertiary/aromatic N) is 4. The van der Waals surface area contributed by atoms with Crippen molar-refractivity contribution in [3.63, 3.8) is 0 Å². The number of halogens is 3. The smallest absolute Gasteiger partial charge is 0.416 e. The van der Waals surface area contributed by atoms with Gasteiger partial charge >= 0.3 is 12.1 Å². The van der Waals surface area contributed by atoms with E-state index in [-0.39, 0.29) is 24.2 Å². The maximum atomic E-state index is 13.2. The monoisotopic (exact) mass is 543 g/mol. The van der Waals surface area contributed by atoms with E-state index in [0.717, 1.165) is 23.4 Å². The standard InChI is InChI=1S/C27H28F3N5O4/c1-38-22-10-8-18(9-11-22)6-4-12-34-16-21(35-17-23(32-33-35)26(37)39-2)14-24(34)25(36)31-15-19-5-3-7-20(13-19)27(28,29)30/h3-11,13,17,21,24H,12,14-16H2,1-2H3,(H,31,36)/b6-4+/t21-,24-/m0/s1. The zero-order valence-electron chi connectivity index (χ0n) is 21.4. The van der Waals surface area contributed by atoms with Gasteiger partial charge in [-0.3, -0.25) is 9.69 Å². The lowest BCUT2D eigenvalue weighted by atomic mass is 10.1. The van der Waals surface area contributed by atoms with Crippen LogP contribution >= 0.6 is 0 Å². The molecule has 0 spiro atoms. The third kappa shape index (κ3) is 7.02. The first-order valence-electron chi connectivity index (χ1n) is 12.2. The normalized spacial score (nSPS) is 17.9. The summed E-state index contributed by atoms with van der Waals surface area (Å²) in [6.07, 6.45) is 1.24. The van der Waals surface area contributed by atoms with Crippen LogP contribution in [0.1, 0.15) is 39.6 Å². The van der Waals surface area contributed by atoms with Crippen LogP contribution in [0.5, 0.6) is 5.75 Å². The van der Waals surface area contributed by atoms with Crippen molar-refractivity contribution in [2.24, 2.45) is 0 Å². The van der Waals surface area contributed by atoms with Crippen LogP contribution in [0.15, 0.2) is 60.8 Å². The molecule has 1 N–H and O–H groups in total. The van der Waals surface area contributed by atoms with E-state index in [2.05, 4.69) is 20.4 Å². The fourth-order valence-corrected chi connectivity index (χ4v) is 4.40. The van der Waals surface area contributed by atoms with Crippen LogP contribution in [0.4, 0.5) is 13.2 Å². The number of rotatable bonds is 9. The highest BCUT2D eigenvalue weighted by Crippen LogP contribution is 2.30. The van der Waals surface area contributed by atoms with Crippen molar-refractivity contribution in [2.75, 3.05) is 27.3 Å². The van der Waals surface area contributed by atoms with Gasteiger partial charge in [0, 0.05) is 19.6 Å². The Kier molecular flexibility index (Phi) is 8.65. The maximum absolute atomic E-state index is 13.2. The van der Waals surface area contributed by atoms with Gasteiger partial charge in [0.1, 0.15) is 5.75 Å². The molecule has 2 atom stereocenters. The Morgan fingerprint density at radius 2 is 1.92 bits per heavy atom. The van der Waals surface area contributed by atoms with Gasteiger partial charge in [0.25, 0.3) is 0 Å². The lowest BCUT2D eigenvalue weighted by Gasteiger charge is -2.22. The number of ether oxygens (including phenoxy) is 2. The summed E-state index contributed by atoms with van der Waals surface area (Å²) in [4.78, 5) is 27.0. The third-order valence-corrected chi connectivity index (χ3v) is 6.45. The maximum Gasteiger partial charge on any atom is 0.416 e. The average molecular weight is 544 g/mol. The first-order chi connectivity index (χ1) is 18.7. The summed E-state index contributed by atoms with van der Waals surface area (Å²) in [5.41, 5.74) is 0.586. The predicted molar refractivity (Wildman–Crippen MR) is 136 cm³/mol. The predicted octanol–water partition coefficient (Wildman–Crippen LogP) is 3.74. The van der Waals surface area contributed by atoms with Gasteiger partial charge in [0.15, 0.2) is 5.69 Å². The Morgan fingerprint density at radius 1 is 1.15 bits per heavy atom. The van der Waals surface area contributed by atoms with Crippen LogP contribution in [-0.2, 0) is 22.3 Å². The van der Waals surface area contributed by atoms with Gasteiger partial charge in [-0.25, -0.2) is 9.48 Å². The van der Waals surface area contributed by atoms with Crippen LogP contribution in [0.2, 0.25) is 0 Å². The molecular weight excluding hydrogens is 515 g/mol. The number of aromatic nitrogens is 3. The molecule has 1 aliphatic heterocycles. The second kappa shape index (κ2) is 12.1. The second-order valence-corrected chi connectivity index (χ2v) is 9.03. The molecule has 0 aliphatic carbocycles. The Bertz CT molecular complexity index is 1320. The molecule has 2 aromatic carbocycles. The van der Waals surface area contributed by atoms with Crippen molar-refractivity contribution in [3.05, 3.63) is 83.2 Å². The Hall–Kier alpha value is -4.19. The lowest BCUT2D eigenvalue weighted by molar-refractivity contribution is -0.137. The van der Waals surface area contributed by atoms with E-state index in [1.165, 1.54) is 30.1 Å². The van der Waals surface area contributed by atoms with E-state index in [1.807, 2.05) is 41.3 Å². The number of esters is 1. The van der Waals surface area contributed by atoms with Gasteiger partial charge in [0.05, 0.1) is 38.1 Å². The van der Waals surface area contributed by atoms with Gasteiger partial charge in [-0.05, 0) is 41.8 Å². The molecule has 12 heteroatoms. The average Bonchev–Trinajstić information content (AvgIpc) is 3.59. The Balaban J connectivity index is 1.47. The minimum Gasteiger partial charge on any atom is -0.497 e. The number of carbonyl (C=O) groups is 2. The molecule has 39 heavy (non-hydrogen) atoms. The van der Waals surface area contributed by atoms with E-state index >= 15 is 0 Å². The number of nitrogens with one attached hydrogen (secondary N) is 1. The van der Waals surface area contributed by atoms with E-state index < -0.39 is 23.8 Å². The van der Waals surface area contributed by atoms with Gasteiger partial charge in [-0.15, -0.1) is 5.10 Å². The van der Waals surface area contributed by atoms with Gasteiger partial charge in [-0.1, -0.05) is 41.6 Å². The van der Waals surface area contributed by atoms with Crippen LogP contribution < -0.4 is 10.1 Å². The summed E-state index contributed by atoms with van der Waals surface area (Å²) in [5.74, 6) is -0.193. The quantitative estimate of drug-likeness (QED) is 0.411. The molecule has 1 saturated heterocycles. The van der Waals surface area contributed by atoms with Crippen LogP contribution in [0.3, 0.4) is 0 Å². The number of amides is 1. The first-order valence-corrected chi connectivity index (χ1v) is 12.2. The zero-order chi connectivity index (χ0) is 28.0. The van der Waals surface area contributed by atoms with Crippen molar-refractivity contribution in [2.45, 2.75) is 31.2 Å². The fraction of sp³-hybridized carbons (Fsp3) is 0.333. The fourth-order valence-electron chi connectivity index (χ4n) is 4.40. The third-order valence-electron chi connectivity index (χ3n) is 6.45. The molecule has 4 rings (SSSR count). The molecule has 0 bridgehead atoms. The molecule has 1 aromatic heterocycles. The van der Waals surface area contributed by atoms with Crippen LogP contribution in [0.25, 0.3) is 6.08 Å². The number of carbonyl (C=O) groups excluding carboxylic acids is 2. The molecule has 0 saturated carbocycles. The lowest BCUT2D eigenvalue weighted by Crippen LogP contribution is -2.43. The highest BCUT2D eigenvalue weighted by molar-refractivity contribution is 5.86. The van der Waals surface area contributed by atoms with Crippen molar-refractivity contribution < 1.29 is 32.2 Å². The molecule has 1 amide bonds. The van der Waals surface area contributed by atoms with Crippen molar-refractivity contribution >= 4 is 18.0 Å². The van der Waals surface area contributed by atoms with E-state index in [1.54, 1.807) is 7.11 Å². The van der Waals surface area contributed by atoms with Crippen molar-refractivity contribution in [1.29, 1.82) is 0 Å². The van der Waals surface area contributed by atoms with Crippen molar-refractivity contribution in [3.8, 4) is 5.75 Å². The van der Waals surface area contributed by atoms with Gasteiger partial charge in [0.2, 0.25) is 5.91 Å². The zero-order valence-corrected chi connectivity index (χ0v) is 21.4. The number of hydrogen-bond acceptors (Lipinski definition) is 7. The Morgan fingerprint density at radius 3 is 2.62 bits per heavy atom. The summed E-state index contributed by atoms with van der Waals surface area (Å²) in [7, 11) is 2.84. The molecule has 206 valence electrons. The first kappa shape index (κ1) is 27.8. The molecule has 3 aromatic rings. The number of benzene rings is 2. The SMILES string of the molecule is COC(=O)c1cn([C@H]2C[C@@H](C(=O)NCc3cccc(C(F)(F)F)c3)N(C/C=C/c3ccc(OC)cc3)C2)nn1. The van der Waals surface area contributed by atoms with E-state index in [9.17, 15) is 22.8 Å². The number of hydrogen-bond donors (Lipinski definition) is 1. The van der Waals surface area contributed by atoms with Gasteiger partial charge in [-0.2, -0.15) is 13.2 Å². The molecular formula is C27H28F3N5O4. The number of alkyl halides is 3. The molecule has 1 fully saturated rings. The Labute approximate surface area is 223 Å². The highest BCUT2D eigenvalue weighted by atomic mass is 19.4. The van der Waals surface area contributed by atoms with Crippen LogP contribution in [0, 0.1) is 0 Å². The summed E-state index contributed by atoms with van der Waals surface area (Å²) < 4.78 is 50.6. The van der Waals surface area contributed by atoms with Gasteiger partial charge < -0.3 is 14.8 Å². The molecule has 2 heterocycles. The van der Waals surface area contributed by atoms with E-state index in [0.29, 0.717) is 25.1 Å².